The van der Waals surface area contributed by atoms with Crippen LogP contribution in [0.3, 0.4) is 0 Å². The third-order valence-corrected chi connectivity index (χ3v) is 7.82. The van der Waals surface area contributed by atoms with E-state index in [9.17, 15) is 22.6 Å². The summed E-state index contributed by atoms with van der Waals surface area (Å²) >= 11 is 0.699. The van der Waals surface area contributed by atoms with Gasteiger partial charge < -0.3 is 19.0 Å². The van der Waals surface area contributed by atoms with Crippen molar-refractivity contribution in [1.82, 2.24) is 0 Å². The standard InChI is InChI=1S/C22H22NO7S2.2Na/c24-20(25)6-2-1-3-9-23-10-4-5-14-11-15-12-16(22(26)30-18(15)13-17(14)23)19-7-8-21(31-19)32(27,28)29;;/h8,11-13H,1-6,9-10H2,(H,24,25)(H,27,28,29);;/q-1;2*+1/p-1. The minimum absolute atomic E-state index is 0. The molecule has 3 heterocycles. The fourth-order valence-corrected chi connectivity index (χ4v) is 5.52. The Bertz CT molecular complexity index is 1330. The predicted octanol–water partition coefficient (Wildman–Crippen LogP) is -2.37. The van der Waals surface area contributed by atoms with Crippen molar-refractivity contribution in [2.45, 2.75) is 42.7 Å². The first kappa shape index (κ1) is 29.5. The van der Waals surface area contributed by atoms with E-state index in [-0.39, 0.29) is 76.0 Å². The Labute approximate surface area is 245 Å². The average molecular weight is 522 g/mol. The number of benzene rings is 1. The number of fused-ring (bicyclic) bond motifs is 2. The van der Waals surface area contributed by atoms with Crippen LogP contribution in [0.2, 0.25) is 0 Å². The molecule has 170 valence electrons. The maximum Gasteiger partial charge on any atom is 1.00 e. The summed E-state index contributed by atoms with van der Waals surface area (Å²) in [5, 5.41) is 9.47. The molecule has 0 atom stereocenters. The molecule has 0 saturated carbocycles. The van der Waals surface area contributed by atoms with Crippen molar-refractivity contribution in [3.8, 4) is 10.4 Å². The molecule has 0 radical (unpaired) electrons. The summed E-state index contributed by atoms with van der Waals surface area (Å²) in [6.45, 7) is 1.69. The zero-order chi connectivity index (χ0) is 22.9. The Kier molecular flexibility index (Phi) is 10.9. The van der Waals surface area contributed by atoms with Gasteiger partial charge in [0.25, 0.3) is 5.63 Å². The Morgan fingerprint density at radius 3 is 2.65 bits per heavy atom. The minimum Gasteiger partial charge on any atom is -0.753 e. The van der Waals surface area contributed by atoms with E-state index in [1.807, 2.05) is 12.1 Å². The van der Waals surface area contributed by atoms with E-state index in [1.165, 1.54) is 0 Å². The minimum atomic E-state index is -4.61. The summed E-state index contributed by atoms with van der Waals surface area (Å²) < 4.78 is 38.8. The van der Waals surface area contributed by atoms with Crippen LogP contribution >= 0.6 is 11.3 Å². The van der Waals surface area contributed by atoms with Crippen LogP contribution in [0, 0.1) is 6.07 Å². The molecule has 1 N–H and O–H groups in total. The van der Waals surface area contributed by atoms with Crippen LogP contribution in [-0.2, 0) is 21.3 Å². The predicted molar refractivity (Wildman–Crippen MR) is 119 cm³/mol. The van der Waals surface area contributed by atoms with Gasteiger partial charge in [0.15, 0.2) is 0 Å². The topological polar surface area (TPSA) is 128 Å². The molecule has 8 nitrogen and oxygen atoms in total. The van der Waals surface area contributed by atoms with Gasteiger partial charge in [0, 0.05) is 40.9 Å². The summed E-state index contributed by atoms with van der Waals surface area (Å²) in [6.07, 6.45) is 4.42. The zero-order valence-corrected chi connectivity index (χ0v) is 24.8. The number of thiophene rings is 1. The molecule has 12 heteroatoms. The molecular weight excluding hydrogens is 500 g/mol. The molecule has 0 saturated heterocycles. The number of nitrogens with zero attached hydrogens (tertiary/aromatic N) is 1. The maximum absolute atomic E-state index is 12.6. The van der Waals surface area contributed by atoms with Crippen molar-refractivity contribution in [3.63, 3.8) is 0 Å². The third kappa shape index (κ3) is 6.96. The van der Waals surface area contributed by atoms with Gasteiger partial charge >= 0.3 is 65.1 Å². The SMILES string of the molecule is O=C(O)CCCCCN1CCCc2cc3cc(-c4[c-]cc(S(=O)(=O)[O-])s4)c(=O)oc3cc21.[Na+].[Na+]. The van der Waals surface area contributed by atoms with Crippen LogP contribution in [0.25, 0.3) is 21.4 Å². The van der Waals surface area contributed by atoms with Crippen molar-refractivity contribution in [2.75, 3.05) is 18.0 Å². The molecule has 0 unspecified atom stereocenters. The van der Waals surface area contributed by atoms with E-state index in [2.05, 4.69) is 11.0 Å². The molecule has 3 aromatic rings. The van der Waals surface area contributed by atoms with Gasteiger partial charge in [-0.1, -0.05) is 17.4 Å². The van der Waals surface area contributed by atoms with Gasteiger partial charge in [0.05, 0.1) is 10.1 Å². The zero-order valence-electron chi connectivity index (χ0n) is 19.1. The first-order chi connectivity index (χ1) is 15.2. The Morgan fingerprint density at radius 1 is 1.21 bits per heavy atom. The van der Waals surface area contributed by atoms with E-state index in [0.717, 1.165) is 61.5 Å². The van der Waals surface area contributed by atoms with Crippen LogP contribution in [0.5, 0.6) is 0 Å². The molecule has 2 aromatic heterocycles. The van der Waals surface area contributed by atoms with Gasteiger partial charge in [-0.05, 0) is 42.9 Å². The number of aliphatic carboxylic acids is 1. The van der Waals surface area contributed by atoms with Crippen molar-refractivity contribution < 1.29 is 86.4 Å². The fraction of sp³-hybridized carbons (Fsp3) is 0.364. The number of anilines is 1. The molecule has 1 aliphatic heterocycles. The van der Waals surface area contributed by atoms with Crippen molar-refractivity contribution in [3.05, 3.63) is 46.3 Å². The summed E-state index contributed by atoms with van der Waals surface area (Å²) in [5.41, 5.74) is 2.13. The van der Waals surface area contributed by atoms with Gasteiger partial charge in [-0.15, -0.1) is 6.07 Å². The van der Waals surface area contributed by atoms with Crippen LogP contribution < -0.4 is 69.6 Å². The summed E-state index contributed by atoms with van der Waals surface area (Å²) in [6, 6.07) is 9.24. The quantitative estimate of drug-likeness (QED) is 0.115. The van der Waals surface area contributed by atoms with Gasteiger partial charge in [0.1, 0.15) is 5.58 Å². The van der Waals surface area contributed by atoms with E-state index in [4.69, 9.17) is 9.52 Å². The monoisotopic (exact) mass is 521 g/mol. The third-order valence-electron chi connectivity index (χ3n) is 5.48. The summed E-state index contributed by atoms with van der Waals surface area (Å²) in [7, 11) is -4.61. The van der Waals surface area contributed by atoms with E-state index in [0.29, 0.717) is 23.3 Å². The number of rotatable bonds is 8. The number of carboxylic acids is 1. The number of unbranched alkanes of at least 4 members (excludes halogenated alkanes) is 2. The fourth-order valence-electron chi connectivity index (χ4n) is 3.96. The largest absolute Gasteiger partial charge is 1.00 e. The molecule has 1 aromatic carbocycles. The molecule has 4 rings (SSSR count). The molecule has 1 aliphatic rings. The molecule has 0 spiro atoms. The molecule has 0 aliphatic carbocycles. The number of carbonyl (C=O) groups is 1. The smallest absolute Gasteiger partial charge is 0.753 e. The molecular formula is C22H21NNa2O7S2. The number of aryl methyl sites for hydroxylation is 1. The second-order valence-electron chi connectivity index (χ2n) is 7.75. The van der Waals surface area contributed by atoms with E-state index in [1.54, 1.807) is 6.07 Å². The van der Waals surface area contributed by atoms with Crippen molar-refractivity contribution >= 4 is 44.1 Å². The normalized spacial score (nSPS) is 13.1. The molecule has 0 fully saturated rings. The summed E-state index contributed by atoms with van der Waals surface area (Å²) in [5.74, 6) is -0.778. The number of hydrogen-bond donors (Lipinski definition) is 1. The molecule has 0 amide bonds. The molecule has 34 heavy (non-hydrogen) atoms. The second kappa shape index (κ2) is 12.5. The van der Waals surface area contributed by atoms with Gasteiger partial charge in [-0.2, -0.15) is 6.07 Å². The van der Waals surface area contributed by atoms with Crippen molar-refractivity contribution in [1.29, 1.82) is 0 Å². The van der Waals surface area contributed by atoms with Crippen LogP contribution in [0.4, 0.5) is 5.69 Å². The first-order valence-electron chi connectivity index (χ1n) is 10.3. The van der Waals surface area contributed by atoms with Crippen LogP contribution in [0.15, 0.2) is 37.7 Å². The average Bonchev–Trinajstić information content (AvgIpc) is 3.22. The maximum atomic E-state index is 12.6. The Morgan fingerprint density at radius 2 is 1.97 bits per heavy atom. The van der Waals surface area contributed by atoms with Crippen LogP contribution in [0.1, 0.15) is 37.7 Å². The van der Waals surface area contributed by atoms with Gasteiger partial charge in [-0.3, -0.25) is 9.59 Å². The Hall–Kier alpha value is -0.690. The number of carboxylic acid groups (broad SMARTS) is 1. The van der Waals surface area contributed by atoms with Gasteiger partial charge in [0.2, 0.25) is 0 Å². The number of hydrogen-bond acceptors (Lipinski definition) is 8. The van der Waals surface area contributed by atoms with Gasteiger partial charge in [-0.25, -0.2) is 19.8 Å². The van der Waals surface area contributed by atoms with E-state index >= 15 is 0 Å². The first-order valence-corrected chi connectivity index (χ1v) is 12.5. The summed E-state index contributed by atoms with van der Waals surface area (Å²) in [4.78, 5) is 25.7. The van der Waals surface area contributed by atoms with Crippen molar-refractivity contribution in [2.24, 2.45) is 0 Å². The van der Waals surface area contributed by atoms with E-state index < -0.39 is 25.9 Å². The van der Waals surface area contributed by atoms with Crippen LogP contribution in [-0.4, -0.2) is 37.1 Å². The Balaban J connectivity index is 0.00000204. The second-order valence-corrected chi connectivity index (χ2v) is 10.4. The molecule has 0 bridgehead atoms.